The van der Waals surface area contributed by atoms with Crippen LogP contribution in [0.3, 0.4) is 0 Å². The van der Waals surface area contributed by atoms with Crippen LogP contribution in [-0.2, 0) is 59.1 Å². The Labute approximate surface area is 403 Å². The summed E-state index contributed by atoms with van der Waals surface area (Å²) < 4.78 is 117. The quantitative estimate of drug-likeness (QED) is 0.0302. The first-order chi connectivity index (χ1) is 32.9. The number of rotatable bonds is 23. The molecule has 4 atom stereocenters. The van der Waals surface area contributed by atoms with Gasteiger partial charge in [-0.3, -0.25) is 0 Å². The number of halogens is 3. The Bertz CT molecular complexity index is 2380. The number of carbonyl (C=O) groups is 1. The molecule has 3 aliphatic heterocycles. The van der Waals surface area contributed by atoms with Gasteiger partial charge in [-0.1, -0.05) is 51.0 Å². The summed E-state index contributed by atoms with van der Waals surface area (Å²) >= 11 is 0. The third-order valence-corrected chi connectivity index (χ3v) is 15.6. The van der Waals surface area contributed by atoms with E-state index in [1.54, 1.807) is 11.8 Å². The zero-order valence-corrected chi connectivity index (χ0v) is 41.8. The molecule has 0 bridgehead atoms. The van der Waals surface area contributed by atoms with E-state index in [1.807, 2.05) is 98.5 Å². The molecule has 3 heterocycles. The van der Waals surface area contributed by atoms with Gasteiger partial charge in [0.25, 0.3) is 0 Å². The monoisotopic (exact) mass is 1000 g/mol. The number of urea groups is 1. The Morgan fingerprint density at radius 3 is 1.43 bits per heavy atom. The zero-order valence-electron chi connectivity index (χ0n) is 39.9. The van der Waals surface area contributed by atoms with Crippen molar-refractivity contribution >= 4 is 24.1 Å². The van der Waals surface area contributed by atoms with Gasteiger partial charge in [0.2, 0.25) is 0 Å². The van der Waals surface area contributed by atoms with Crippen molar-refractivity contribution in [1.82, 2.24) is 9.80 Å². The average molecular weight is 1010 g/mol. The standard InChI is InChI=1S/C50H64F3N2O12PS/c1-7-10-28-59-40-22-16-38(17-23-40)32-54-44(30-36-12-20-42(21-13-36)61-34-68(62-9-3)65-35(4)66-68)46-47(64-49(5,6)63-46)45(31-37-14-26-43(27-15-37)67-69(57,58)50(51,52)53)55(48(54)56)33-39-18-24-41(25-19-39)60-29-11-8-2/h12-27,35,44-47,68H,7-11,28-34H2,1-6H3/t44-,45-,46+,47+/m1/s1. The summed E-state index contributed by atoms with van der Waals surface area (Å²) in [5, 5.41) is 0. The molecule has 0 spiro atoms. The van der Waals surface area contributed by atoms with Crippen LogP contribution in [0.15, 0.2) is 97.1 Å². The van der Waals surface area contributed by atoms with Gasteiger partial charge >= 0.3 is 228 Å². The van der Waals surface area contributed by atoms with Crippen LogP contribution >= 0.6 is 7.94 Å². The van der Waals surface area contributed by atoms with Crippen molar-refractivity contribution in [2.75, 3.05) is 26.2 Å². The molecule has 0 aromatic heterocycles. The first-order valence-corrected chi connectivity index (χ1v) is 26.9. The number of hydrogen-bond donors (Lipinski definition) is 0. The van der Waals surface area contributed by atoms with Crippen molar-refractivity contribution in [2.45, 2.75) is 135 Å². The molecular weight excluding hydrogens is 941 g/mol. The van der Waals surface area contributed by atoms with Crippen molar-refractivity contribution in [3.8, 4) is 23.0 Å². The van der Waals surface area contributed by atoms with E-state index in [0.717, 1.165) is 60.3 Å². The maximum atomic E-state index is 15.7. The summed E-state index contributed by atoms with van der Waals surface area (Å²) in [7, 11) is -8.82. The summed E-state index contributed by atoms with van der Waals surface area (Å²) in [6.45, 7) is 13.5. The van der Waals surface area contributed by atoms with E-state index in [0.29, 0.717) is 43.3 Å². The third-order valence-electron chi connectivity index (χ3n) is 12.0. The average Bonchev–Trinajstić information content (AvgIpc) is 3.60. The van der Waals surface area contributed by atoms with Gasteiger partial charge in [0, 0.05) is 0 Å². The van der Waals surface area contributed by atoms with Gasteiger partial charge in [0.15, 0.2) is 0 Å². The van der Waals surface area contributed by atoms with Crippen LogP contribution < -0.4 is 18.4 Å². The molecule has 0 N–H and O–H groups in total. The summed E-state index contributed by atoms with van der Waals surface area (Å²) in [6.07, 6.45) is 2.70. The fraction of sp³-hybridized carbons (Fsp3) is 0.500. The molecule has 3 saturated heterocycles. The van der Waals surface area contributed by atoms with E-state index in [4.69, 9.17) is 37.3 Å². The number of fused-ring (bicyclic) bond motifs is 1. The van der Waals surface area contributed by atoms with Crippen LogP contribution in [0, 0.1) is 0 Å². The predicted molar refractivity (Wildman–Crippen MR) is 255 cm³/mol. The number of carbonyl (C=O) groups excluding carboxylic acids is 1. The van der Waals surface area contributed by atoms with E-state index in [9.17, 15) is 21.6 Å². The Morgan fingerprint density at radius 1 is 0.638 bits per heavy atom. The van der Waals surface area contributed by atoms with Crippen LogP contribution in [0.25, 0.3) is 0 Å². The van der Waals surface area contributed by atoms with Gasteiger partial charge < -0.3 is 13.7 Å². The van der Waals surface area contributed by atoms with Gasteiger partial charge in [-0.05, 0) is 60.4 Å². The van der Waals surface area contributed by atoms with Crippen LogP contribution in [0.4, 0.5) is 18.0 Å². The number of nitrogens with zero attached hydrogens (tertiary/aromatic N) is 2. The van der Waals surface area contributed by atoms with Gasteiger partial charge in [-0.2, -0.15) is 21.6 Å². The molecule has 0 aliphatic carbocycles. The van der Waals surface area contributed by atoms with E-state index < -0.39 is 59.4 Å². The Hall–Kier alpha value is -4.68. The van der Waals surface area contributed by atoms with Gasteiger partial charge in [-0.15, -0.1) is 0 Å². The predicted octanol–water partition coefficient (Wildman–Crippen LogP) is 10.7. The molecule has 4 aromatic carbocycles. The second kappa shape index (κ2) is 22.6. The maximum absolute atomic E-state index is 15.7. The Kier molecular flexibility index (Phi) is 17.1. The van der Waals surface area contributed by atoms with Crippen molar-refractivity contribution in [3.05, 3.63) is 119 Å². The summed E-state index contributed by atoms with van der Waals surface area (Å²) in [6, 6.07) is 26.6. The Morgan fingerprint density at radius 2 is 1.04 bits per heavy atom. The number of benzene rings is 4. The third kappa shape index (κ3) is 13.4. The topological polar surface area (TPSA) is 141 Å². The minimum Gasteiger partial charge on any atom is -0.0196 e. The van der Waals surface area contributed by atoms with Gasteiger partial charge in [0.05, 0.1) is 13.2 Å². The molecule has 19 heteroatoms. The summed E-state index contributed by atoms with van der Waals surface area (Å²) in [4.78, 5) is 19.3. The molecule has 0 unspecified atom stereocenters. The number of unbranched alkanes of at least 4 members (excludes halogenated alkanes) is 2. The normalized spacial score (nSPS) is 22.6. The molecule has 3 fully saturated rings. The van der Waals surface area contributed by atoms with E-state index in [2.05, 4.69) is 18.0 Å². The van der Waals surface area contributed by atoms with Crippen molar-refractivity contribution in [3.63, 3.8) is 0 Å². The Balaban J connectivity index is 1.25. The molecule has 0 saturated carbocycles. The van der Waals surface area contributed by atoms with E-state index >= 15 is 4.79 Å². The van der Waals surface area contributed by atoms with Crippen LogP contribution in [0.2, 0.25) is 0 Å². The van der Waals surface area contributed by atoms with E-state index in [1.165, 1.54) is 12.1 Å². The number of ether oxygens (including phenoxy) is 5. The van der Waals surface area contributed by atoms with Crippen LogP contribution in [-0.4, -0.2) is 92.3 Å². The molecule has 69 heavy (non-hydrogen) atoms. The number of amides is 2. The van der Waals surface area contributed by atoms with Crippen molar-refractivity contribution in [2.24, 2.45) is 0 Å². The fourth-order valence-electron chi connectivity index (χ4n) is 8.63. The second-order valence-electron chi connectivity index (χ2n) is 17.8. The minimum absolute atomic E-state index is 0.148. The molecule has 4 aromatic rings. The first kappa shape index (κ1) is 52.2. The second-order valence-corrected chi connectivity index (χ2v) is 21.8. The summed E-state index contributed by atoms with van der Waals surface area (Å²) in [5.74, 6) is 0.407. The van der Waals surface area contributed by atoms with Crippen LogP contribution in [0.5, 0.6) is 23.0 Å². The first-order valence-electron chi connectivity index (χ1n) is 23.6. The smallest absolute Gasteiger partial charge is 0.0196 e. The zero-order chi connectivity index (χ0) is 49.4. The van der Waals surface area contributed by atoms with Gasteiger partial charge in [-0.25, -0.2) is 0 Å². The van der Waals surface area contributed by atoms with Crippen molar-refractivity contribution < 1.29 is 67.8 Å². The molecule has 0 radical (unpaired) electrons. The molecule has 2 amide bonds. The molecule has 7 rings (SSSR count). The molecule has 14 nitrogen and oxygen atoms in total. The molecule has 3 aliphatic rings. The number of hydrogen-bond acceptors (Lipinski definition) is 12. The van der Waals surface area contributed by atoms with Crippen LogP contribution in [0.1, 0.15) is 89.5 Å². The minimum atomic E-state index is -5.90. The fourth-order valence-corrected chi connectivity index (χ4v) is 11.3. The van der Waals surface area contributed by atoms with Crippen molar-refractivity contribution in [1.29, 1.82) is 0 Å². The van der Waals surface area contributed by atoms with Gasteiger partial charge in [0.1, 0.15) is 17.2 Å². The van der Waals surface area contributed by atoms with E-state index in [-0.39, 0.29) is 38.2 Å². The number of alkyl halides is 3. The molecular formula is C50H64F3N2O12PS. The molecule has 378 valence electrons. The summed E-state index contributed by atoms with van der Waals surface area (Å²) in [5.41, 5.74) is -2.46. The SMILES string of the molecule is CCCCOc1ccc(CN2C(=O)N(Cc3ccc(OCCCC)cc3)[C@H](Cc3ccc(OS(=O)(=O)C(F)(F)F)cc3)[C@@H]3OC(C)(C)O[C@H]3[C@H]2Cc2ccc(OC[PH]3(OCC)OC(C)O3)cc2)cc1.